The maximum Gasteiger partial charge on any atom is 0.409 e. The van der Waals surface area contributed by atoms with Crippen molar-refractivity contribution in [3.63, 3.8) is 0 Å². The van der Waals surface area contributed by atoms with Gasteiger partial charge in [-0.15, -0.1) is 0 Å². The fraction of sp³-hybridized carbons (Fsp3) is 0.651. The third kappa shape index (κ3) is 12.9. The first kappa shape index (κ1) is 50.3. The second-order valence-electron chi connectivity index (χ2n) is 17.0. The summed E-state index contributed by atoms with van der Waals surface area (Å²) in [5.41, 5.74) is -0.682. The Kier molecular flexibility index (Phi) is 17.6. The van der Waals surface area contributed by atoms with Crippen molar-refractivity contribution in [2.24, 2.45) is 5.92 Å². The summed E-state index contributed by atoms with van der Waals surface area (Å²) < 4.78 is 23.5. The van der Waals surface area contributed by atoms with Gasteiger partial charge >= 0.3 is 12.1 Å². The predicted molar refractivity (Wildman–Crippen MR) is 237 cm³/mol. The van der Waals surface area contributed by atoms with Crippen LogP contribution in [0.3, 0.4) is 0 Å². The highest BCUT2D eigenvalue weighted by atomic mass is 35.5. The molecule has 3 aliphatic heterocycles. The Bertz CT molecular complexity index is 1850. The molecule has 0 saturated carbocycles. The molecule has 18 heteroatoms. The van der Waals surface area contributed by atoms with Crippen LogP contribution >= 0.6 is 33.2 Å². The maximum absolute atomic E-state index is 14.3. The summed E-state index contributed by atoms with van der Waals surface area (Å²) in [7, 11) is 9.42. The number of methoxy groups -OCH3 is 1. The van der Waals surface area contributed by atoms with E-state index in [1.165, 1.54) is 24.0 Å². The molecule has 61 heavy (non-hydrogen) atoms. The third-order valence-corrected chi connectivity index (χ3v) is 15.6. The number of esters is 1. The first-order valence-corrected chi connectivity index (χ1v) is 23.2. The molecule has 0 unspecified atom stereocenters. The number of fused-ring (bicyclic) bond motifs is 5. The van der Waals surface area contributed by atoms with E-state index in [0.717, 1.165) is 23.3 Å². The lowest BCUT2D eigenvalue weighted by Gasteiger charge is -2.42. The Morgan fingerprint density at radius 1 is 1.23 bits per heavy atom. The topological polar surface area (TPSA) is 197 Å². The van der Waals surface area contributed by atoms with Gasteiger partial charge in [0, 0.05) is 63.9 Å². The molecule has 0 aromatic heterocycles. The van der Waals surface area contributed by atoms with Crippen molar-refractivity contribution >= 4 is 68.7 Å². The van der Waals surface area contributed by atoms with E-state index in [4.69, 9.17) is 30.5 Å². The summed E-state index contributed by atoms with van der Waals surface area (Å²) in [6, 6.07) is 2.50. The van der Waals surface area contributed by atoms with Crippen LogP contribution in [0.1, 0.15) is 91.2 Å². The van der Waals surface area contributed by atoms with Gasteiger partial charge in [0.25, 0.3) is 0 Å². The average molecular weight is 912 g/mol. The van der Waals surface area contributed by atoms with E-state index < -0.39 is 65.7 Å². The Morgan fingerprint density at radius 3 is 2.59 bits per heavy atom. The van der Waals surface area contributed by atoms with Gasteiger partial charge in [0.2, 0.25) is 17.7 Å². The van der Waals surface area contributed by atoms with Crippen LogP contribution in [0.5, 0.6) is 0 Å². The van der Waals surface area contributed by atoms with Crippen LogP contribution in [0.4, 0.5) is 10.5 Å². The molecule has 15 nitrogen and oxygen atoms in total. The minimum atomic E-state index is -1.85. The van der Waals surface area contributed by atoms with E-state index in [0.29, 0.717) is 30.5 Å². The first-order chi connectivity index (χ1) is 28.6. The number of rotatable bonds is 14. The van der Waals surface area contributed by atoms with Gasteiger partial charge in [0.15, 0.2) is 5.72 Å². The van der Waals surface area contributed by atoms with Crippen molar-refractivity contribution in [2.75, 3.05) is 38.9 Å². The molecular formula is C43H63ClN4O11S2. The lowest BCUT2D eigenvalue weighted by Crippen LogP contribution is -2.63. The van der Waals surface area contributed by atoms with Crippen LogP contribution in [0.2, 0.25) is 5.02 Å². The molecule has 4 rings (SSSR count). The molecule has 4 amide bonds. The molecule has 0 aliphatic carbocycles. The molecule has 0 spiro atoms. The molecule has 3 aliphatic rings. The van der Waals surface area contributed by atoms with E-state index in [1.807, 2.05) is 26.8 Å². The quantitative estimate of drug-likeness (QED) is 0.0796. The number of anilines is 1. The predicted octanol–water partition coefficient (Wildman–Crippen LogP) is 5.46. The molecular weight excluding hydrogens is 848 g/mol. The van der Waals surface area contributed by atoms with Crippen molar-refractivity contribution in [1.82, 2.24) is 15.5 Å². The van der Waals surface area contributed by atoms with Gasteiger partial charge in [-0.05, 0) is 71.1 Å². The number of epoxide rings is 1. The van der Waals surface area contributed by atoms with E-state index in [1.54, 1.807) is 80.7 Å². The Morgan fingerprint density at radius 2 is 1.93 bits per heavy atom. The summed E-state index contributed by atoms with van der Waals surface area (Å²) in [5.74, 6) is -1.25. The van der Waals surface area contributed by atoms with Gasteiger partial charge in [0.1, 0.15) is 30.0 Å². The molecule has 2 fully saturated rings. The average Bonchev–Trinajstić information content (AvgIpc) is 3.91. The van der Waals surface area contributed by atoms with Gasteiger partial charge in [-0.2, -0.15) is 0 Å². The number of aliphatic hydroxyl groups is 2. The minimum absolute atomic E-state index is 0.000526. The lowest BCUT2D eigenvalue weighted by molar-refractivity contribution is -0.162. The number of amides is 4. The molecule has 1 aromatic rings. The number of halogens is 1. The largest absolute Gasteiger partial charge is 0.457 e. The Hall–Kier alpha value is -3.32. The third-order valence-electron chi connectivity index (χ3n) is 11.7. The number of likely N-dealkylation sites (N-methyl/N-ethyl adjacent to an activating group) is 1. The van der Waals surface area contributed by atoms with Crippen molar-refractivity contribution in [1.29, 1.82) is 0 Å². The maximum atomic E-state index is 14.3. The van der Waals surface area contributed by atoms with Crippen molar-refractivity contribution in [3.05, 3.63) is 52.1 Å². The van der Waals surface area contributed by atoms with Crippen LogP contribution in [-0.4, -0.2) is 125 Å². The van der Waals surface area contributed by atoms with Crippen LogP contribution < -0.4 is 15.5 Å². The lowest BCUT2D eigenvalue weighted by atomic mass is 9.83. The summed E-state index contributed by atoms with van der Waals surface area (Å²) in [4.78, 5) is 68.9. The normalized spacial score (nSPS) is 28.9. The first-order valence-electron chi connectivity index (χ1n) is 20.5. The molecule has 8 atom stereocenters. The zero-order valence-corrected chi connectivity index (χ0v) is 39.3. The molecule has 0 radical (unpaired) electrons. The minimum Gasteiger partial charge on any atom is -0.457 e. The SMILES string of the molecule is CNC(=O)CCCSSC(C)(C)CCC(=O)N(C)[C@@H](C)C(=O)O[C@H]1CC(=O)N(C)c2cc(cc(CO)c2Cl)C/C(C)=C/C=C/[C@@H](OC)[C@@]2(O)C[C@H](OC(=O)N2)[C@@H](C)[C@@H]2O[C@@]12C. The monoisotopic (exact) mass is 910 g/mol. The van der Waals surface area contributed by atoms with E-state index in [2.05, 4.69) is 10.6 Å². The number of hydrogen-bond acceptors (Lipinski definition) is 13. The smallest absolute Gasteiger partial charge is 0.409 e. The zero-order chi connectivity index (χ0) is 45.4. The van der Waals surface area contributed by atoms with E-state index in [9.17, 15) is 34.2 Å². The van der Waals surface area contributed by atoms with Gasteiger partial charge in [-0.1, -0.05) is 70.0 Å². The van der Waals surface area contributed by atoms with Gasteiger partial charge in [-0.25, -0.2) is 9.59 Å². The van der Waals surface area contributed by atoms with Crippen LogP contribution in [0.25, 0.3) is 0 Å². The van der Waals surface area contributed by atoms with E-state index in [-0.39, 0.29) is 47.5 Å². The van der Waals surface area contributed by atoms with Crippen LogP contribution in [0, 0.1) is 5.92 Å². The summed E-state index contributed by atoms with van der Waals surface area (Å²) in [5, 5.41) is 27.3. The number of aliphatic hydroxyl groups excluding tert-OH is 1. The molecule has 1 aromatic carbocycles. The molecule has 2 saturated heterocycles. The van der Waals surface area contributed by atoms with Crippen molar-refractivity contribution < 1.29 is 53.1 Å². The highest BCUT2D eigenvalue weighted by molar-refractivity contribution is 8.77. The van der Waals surface area contributed by atoms with Crippen LogP contribution in [0.15, 0.2) is 35.9 Å². The standard InChI is InChI=1S/C43H63ClN4O11S2/c1-25-13-11-14-32(56-10)43(55)23-31(57-40(54)46-43)26(2)38-42(6,59-38)33(22-36(52)48(9)30-21-28(19-25)20-29(24-49)37(30)44)58-39(53)27(3)47(8)35(51)16-17-41(4,5)61-60-18-12-15-34(50)45-7/h11,13-14,20-21,26-27,31-33,38,49,55H,12,15-19,22-24H2,1-10H3,(H,45,50)(H,46,54)/b14-11+,25-13+/t26-,27+,31+,32-,33+,38+,42+,43+/m1/s1. The second kappa shape index (κ2) is 21.4. The summed E-state index contributed by atoms with van der Waals surface area (Å²) in [6.45, 7) is 10.7. The van der Waals surface area contributed by atoms with Gasteiger partial charge in [-0.3, -0.25) is 19.7 Å². The molecule has 4 bridgehead atoms. The number of carbonyl (C=O) groups is 5. The zero-order valence-electron chi connectivity index (χ0n) is 36.9. The van der Waals surface area contributed by atoms with Crippen LogP contribution in [-0.2, 0) is 51.2 Å². The fourth-order valence-electron chi connectivity index (χ4n) is 7.52. The number of alkyl carbamates (subject to hydrolysis) is 1. The Balaban J connectivity index is 1.60. The number of nitrogens with one attached hydrogen (secondary N) is 2. The second-order valence-corrected chi connectivity index (χ2v) is 20.5. The van der Waals surface area contributed by atoms with Gasteiger partial charge < -0.3 is 44.3 Å². The molecule has 340 valence electrons. The van der Waals surface area contributed by atoms with Gasteiger partial charge in [0.05, 0.1) is 29.8 Å². The van der Waals surface area contributed by atoms with Crippen molar-refractivity contribution in [2.45, 2.75) is 140 Å². The van der Waals surface area contributed by atoms with Crippen molar-refractivity contribution in [3.8, 4) is 0 Å². The number of benzene rings is 1. The number of ether oxygens (including phenoxy) is 4. The van der Waals surface area contributed by atoms with E-state index >= 15 is 0 Å². The summed E-state index contributed by atoms with van der Waals surface area (Å²) in [6.07, 6.45) is 2.54. The summed E-state index contributed by atoms with van der Waals surface area (Å²) >= 11 is 6.77. The Labute approximate surface area is 372 Å². The molecule has 4 N–H and O–H groups in total. The number of nitrogens with zero attached hydrogens (tertiary/aromatic N) is 2. The highest BCUT2D eigenvalue weighted by Crippen LogP contribution is 2.49. The highest BCUT2D eigenvalue weighted by Gasteiger charge is 2.64. The number of allylic oxidation sites excluding steroid dienone is 3. The molecule has 3 heterocycles. The number of carbonyl (C=O) groups excluding carboxylic acids is 5. The fourth-order valence-corrected chi connectivity index (χ4v) is 10.5. The number of hydrogen-bond donors (Lipinski definition) is 4.